The summed E-state index contributed by atoms with van der Waals surface area (Å²) in [7, 11) is 0.866. The van der Waals surface area contributed by atoms with Crippen LogP contribution in [0.25, 0.3) is 0 Å². The lowest BCUT2D eigenvalue weighted by atomic mass is 10.2. The van der Waals surface area contributed by atoms with Gasteiger partial charge in [-0.2, -0.15) is 0 Å². The van der Waals surface area contributed by atoms with Crippen molar-refractivity contribution in [1.82, 2.24) is 9.62 Å². The molecule has 0 fully saturated rings. The molecule has 7 nitrogen and oxygen atoms in total. The quantitative estimate of drug-likeness (QED) is 0.696. The minimum Gasteiger partial charge on any atom is -0.495 e. The number of sulfonamides is 1. The van der Waals surface area contributed by atoms with Crippen LogP contribution in [0.2, 0.25) is 5.02 Å². The van der Waals surface area contributed by atoms with Gasteiger partial charge >= 0.3 is 0 Å². The van der Waals surface area contributed by atoms with Gasteiger partial charge in [-0.25, -0.2) is 12.7 Å². The van der Waals surface area contributed by atoms with Crippen molar-refractivity contribution in [1.29, 1.82) is 0 Å². The first-order valence-electron chi connectivity index (χ1n) is 8.10. The van der Waals surface area contributed by atoms with Gasteiger partial charge in [0.15, 0.2) is 0 Å². The molecule has 0 spiro atoms. The van der Waals surface area contributed by atoms with Crippen LogP contribution in [0.4, 0.5) is 5.69 Å². The number of benzene rings is 2. The molecule has 0 radical (unpaired) electrons. The van der Waals surface area contributed by atoms with E-state index in [2.05, 4.69) is 10.6 Å². The molecule has 0 saturated carbocycles. The lowest BCUT2D eigenvalue weighted by molar-refractivity contribution is -0.119. The lowest BCUT2D eigenvalue weighted by Gasteiger charge is -2.16. The van der Waals surface area contributed by atoms with E-state index in [-0.39, 0.29) is 23.9 Å². The zero-order valence-electron chi connectivity index (χ0n) is 15.3. The predicted molar refractivity (Wildman–Crippen MR) is 106 cm³/mol. The molecular formula is C18H22ClN3O4S. The van der Waals surface area contributed by atoms with Crippen LogP contribution in [0.15, 0.2) is 47.4 Å². The van der Waals surface area contributed by atoms with Crippen molar-refractivity contribution < 1.29 is 17.9 Å². The maximum Gasteiger partial charge on any atom is 0.242 e. The van der Waals surface area contributed by atoms with Crippen molar-refractivity contribution in [3.63, 3.8) is 0 Å². The van der Waals surface area contributed by atoms with Crippen LogP contribution in [0.1, 0.15) is 5.56 Å². The van der Waals surface area contributed by atoms with Crippen molar-refractivity contribution >= 4 is 33.2 Å². The number of hydrogen-bond donors (Lipinski definition) is 2. The molecule has 146 valence electrons. The highest BCUT2D eigenvalue weighted by atomic mass is 35.5. The van der Waals surface area contributed by atoms with Gasteiger partial charge in [0, 0.05) is 25.7 Å². The fourth-order valence-corrected chi connectivity index (χ4v) is 3.64. The number of ether oxygens (including phenoxy) is 1. The Labute approximate surface area is 164 Å². The topological polar surface area (TPSA) is 87.7 Å². The van der Waals surface area contributed by atoms with E-state index in [1.807, 2.05) is 0 Å². The van der Waals surface area contributed by atoms with E-state index >= 15 is 0 Å². The van der Waals surface area contributed by atoms with Crippen molar-refractivity contribution in [2.24, 2.45) is 0 Å². The summed E-state index contributed by atoms with van der Waals surface area (Å²) in [5.74, 6) is 0.267. The maximum atomic E-state index is 12.4. The molecule has 9 heteroatoms. The second-order valence-electron chi connectivity index (χ2n) is 5.87. The third kappa shape index (κ3) is 5.35. The average Bonchev–Trinajstić information content (AvgIpc) is 2.64. The van der Waals surface area contributed by atoms with Crippen LogP contribution in [-0.2, 0) is 21.4 Å². The van der Waals surface area contributed by atoms with E-state index in [1.54, 1.807) is 36.4 Å². The third-order valence-corrected chi connectivity index (χ3v) is 5.96. The molecule has 0 saturated heterocycles. The van der Waals surface area contributed by atoms with Crippen LogP contribution in [0.3, 0.4) is 0 Å². The number of halogens is 1. The zero-order valence-corrected chi connectivity index (χ0v) is 16.9. The largest absolute Gasteiger partial charge is 0.495 e. The van der Waals surface area contributed by atoms with Crippen molar-refractivity contribution in [3.8, 4) is 5.75 Å². The molecule has 0 aromatic heterocycles. The Hall–Kier alpha value is -2.29. The van der Waals surface area contributed by atoms with Gasteiger partial charge in [0.25, 0.3) is 0 Å². The van der Waals surface area contributed by atoms with Gasteiger partial charge in [-0.15, -0.1) is 0 Å². The highest BCUT2D eigenvalue weighted by Gasteiger charge is 2.20. The van der Waals surface area contributed by atoms with Gasteiger partial charge in [-0.05, 0) is 29.8 Å². The number of carbonyl (C=O) groups is 1. The number of anilines is 1. The second kappa shape index (κ2) is 9.07. The van der Waals surface area contributed by atoms with Gasteiger partial charge in [0.1, 0.15) is 5.75 Å². The summed E-state index contributed by atoms with van der Waals surface area (Å²) >= 11 is 5.96. The van der Waals surface area contributed by atoms with Gasteiger partial charge in [-0.3, -0.25) is 4.79 Å². The summed E-state index contributed by atoms with van der Waals surface area (Å²) in [6, 6.07) is 11.6. The predicted octanol–water partition coefficient (Wildman–Crippen LogP) is 2.33. The molecule has 0 aliphatic rings. The highest BCUT2D eigenvalue weighted by molar-refractivity contribution is 7.89. The zero-order chi connectivity index (χ0) is 20.0. The van der Waals surface area contributed by atoms with Crippen LogP contribution < -0.4 is 15.4 Å². The number of methoxy groups -OCH3 is 1. The summed E-state index contributed by atoms with van der Waals surface area (Å²) in [6.45, 7) is 0.0791. The molecule has 0 atom stereocenters. The fourth-order valence-electron chi connectivity index (χ4n) is 2.35. The molecular weight excluding hydrogens is 390 g/mol. The van der Waals surface area contributed by atoms with Gasteiger partial charge in [0.2, 0.25) is 15.9 Å². The number of nitrogens with one attached hydrogen (secondary N) is 2. The van der Waals surface area contributed by atoms with Crippen molar-refractivity contribution in [2.45, 2.75) is 11.4 Å². The summed E-state index contributed by atoms with van der Waals surface area (Å²) < 4.78 is 31.1. The molecule has 2 N–H and O–H groups in total. The van der Waals surface area contributed by atoms with Crippen molar-refractivity contribution in [3.05, 3.63) is 53.1 Å². The molecule has 2 rings (SSSR count). The number of nitrogens with zero attached hydrogens (tertiary/aromatic N) is 1. The lowest BCUT2D eigenvalue weighted by Crippen LogP contribution is -2.31. The Bertz CT molecular complexity index is 917. The summed E-state index contributed by atoms with van der Waals surface area (Å²) in [5, 5.41) is 6.19. The highest BCUT2D eigenvalue weighted by Crippen LogP contribution is 2.27. The fraction of sp³-hybridized carbons (Fsp3) is 0.278. The Balaban J connectivity index is 2.02. The summed E-state index contributed by atoms with van der Waals surface area (Å²) in [4.78, 5) is 12.3. The minimum absolute atomic E-state index is 0.0146. The molecule has 0 unspecified atom stereocenters. The van der Waals surface area contributed by atoms with Crippen LogP contribution in [-0.4, -0.2) is 46.4 Å². The smallest absolute Gasteiger partial charge is 0.242 e. The van der Waals surface area contributed by atoms with E-state index in [0.717, 1.165) is 4.31 Å². The Kier molecular flexibility index (Phi) is 7.06. The van der Waals surface area contributed by atoms with Crippen molar-refractivity contribution in [2.75, 3.05) is 33.1 Å². The third-order valence-electron chi connectivity index (χ3n) is 3.81. The van der Waals surface area contributed by atoms with Crippen LogP contribution in [0.5, 0.6) is 5.75 Å². The van der Waals surface area contributed by atoms with E-state index in [1.165, 1.54) is 27.3 Å². The monoisotopic (exact) mass is 411 g/mol. The number of hydrogen-bond acceptors (Lipinski definition) is 5. The molecule has 0 aliphatic heterocycles. The molecule has 0 bridgehead atoms. The SMILES string of the molecule is COc1ccc(Cl)cc1NCC(=O)NCc1ccccc1S(=O)(=O)N(C)C. The Morgan fingerprint density at radius 2 is 1.89 bits per heavy atom. The molecule has 1 amide bonds. The van der Waals surface area contributed by atoms with E-state index in [0.29, 0.717) is 22.0 Å². The van der Waals surface area contributed by atoms with E-state index < -0.39 is 10.0 Å². The van der Waals surface area contributed by atoms with E-state index in [9.17, 15) is 13.2 Å². The molecule has 27 heavy (non-hydrogen) atoms. The van der Waals surface area contributed by atoms with Gasteiger partial charge < -0.3 is 15.4 Å². The number of carbonyl (C=O) groups excluding carboxylic acids is 1. The van der Waals surface area contributed by atoms with Crippen LogP contribution in [0, 0.1) is 0 Å². The number of rotatable bonds is 8. The average molecular weight is 412 g/mol. The summed E-state index contributed by atoms with van der Waals surface area (Å²) in [5.41, 5.74) is 1.11. The normalized spacial score (nSPS) is 11.3. The molecule has 0 heterocycles. The Morgan fingerprint density at radius 3 is 2.56 bits per heavy atom. The molecule has 2 aromatic carbocycles. The molecule has 0 aliphatic carbocycles. The van der Waals surface area contributed by atoms with Crippen LogP contribution >= 0.6 is 11.6 Å². The van der Waals surface area contributed by atoms with E-state index in [4.69, 9.17) is 16.3 Å². The maximum absolute atomic E-state index is 12.4. The first kappa shape index (κ1) is 21.0. The molecule has 2 aromatic rings. The first-order chi connectivity index (χ1) is 12.8. The van der Waals surface area contributed by atoms with Gasteiger partial charge in [0.05, 0.1) is 24.2 Å². The summed E-state index contributed by atoms with van der Waals surface area (Å²) in [6.07, 6.45) is 0. The van der Waals surface area contributed by atoms with Gasteiger partial charge in [-0.1, -0.05) is 29.8 Å². The first-order valence-corrected chi connectivity index (χ1v) is 9.92. The standard InChI is InChI=1S/C18H22ClN3O4S/c1-22(2)27(24,25)17-7-5-4-6-13(17)11-21-18(23)12-20-15-10-14(19)8-9-16(15)26-3/h4-10,20H,11-12H2,1-3H3,(H,21,23). The Morgan fingerprint density at radius 1 is 1.19 bits per heavy atom. The minimum atomic E-state index is -3.59. The number of amides is 1. The second-order valence-corrected chi connectivity index (χ2v) is 8.43.